The molecular weight excluding hydrogens is 502 g/mol. The number of halogens is 1. The fourth-order valence-electron chi connectivity index (χ4n) is 2.59. The number of anilines is 3. The van der Waals surface area contributed by atoms with Crippen LogP contribution in [0.25, 0.3) is 0 Å². The smallest absolute Gasteiger partial charge is 0.418 e. The normalized spacial score (nSPS) is 14.6. The molecule has 3 atom stereocenters. The van der Waals surface area contributed by atoms with Gasteiger partial charge in [0.2, 0.25) is 5.95 Å². The number of carbonyl (C=O) groups is 1. The first-order valence-electron chi connectivity index (χ1n) is 9.83. The molecule has 0 bridgehead atoms. The Balaban J connectivity index is 2.18. The lowest BCUT2D eigenvalue weighted by Crippen LogP contribution is -2.36. The molecule has 1 aromatic carbocycles. The molecule has 0 aliphatic rings. The van der Waals surface area contributed by atoms with E-state index in [2.05, 4.69) is 41.3 Å². The van der Waals surface area contributed by atoms with Crippen LogP contribution in [0.1, 0.15) is 20.8 Å². The van der Waals surface area contributed by atoms with Crippen LogP contribution in [0.2, 0.25) is 0 Å². The largest absolute Gasteiger partial charge is 0.449 e. The Hall–Kier alpha value is -2.41. The molecule has 0 radical (unpaired) electrons. The van der Waals surface area contributed by atoms with Crippen molar-refractivity contribution in [2.75, 3.05) is 31.0 Å². The average molecular weight is 530 g/mol. The van der Waals surface area contributed by atoms with Gasteiger partial charge in [0.05, 0.1) is 44.4 Å². The molecule has 2 rings (SSSR count). The van der Waals surface area contributed by atoms with Gasteiger partial charge in [-0.2, -0.15) is 4.98 Å². The summed E-state index contributed by atoms with van der Waals surface area (Å²) in [4.78, 5) is 20.8. The maximum atomic E-state index is 13.0. The van der Waals surface area contributed by atoms with Crippen molar-refractivity contribution in [3.05, 3.63) is 34.9 Å². The standard InChI is InChI=1S/C20H28BrN5O5S/c1-5-31-20(28)26-32(29,6-2)15-9-7-14(8-10-15)23-19-22-11-16(21)18(25-19)24-17(12-30-4)13(3)27/h6-11,13,17,27H,5,12H2,1-4H3,(H,26,28,29)(H2,22,23,24,25)/t13-,17-,32?/m1/s1. The van der Waals surface area contributed by atoms with Gasteiger partial charge in [0.25, 0.3) is 0 Å². The number of nitrogens with zero attached hydrogens (tertiary/aromatic N) is 2. The zero-order valence-corrected chi connectivity index (χ0v) is 20.7. The lowest BCUT2D eigenvalue weighted by atomic mass is 10.2. The second kappa shape index (κ2) is 12.0. The highest BCUT2D eigenvalue weighted by Gasteiger charge is 2.18. The van der Waals surface area contributed by atoms with Crippen molar-refractivity contribution < 1.29 is 23.6 Å². The second-order valence-electron chi connectivity index (χ2n) is 6.65. The maximum Gasteiger partial charge on any atom is 0.418 e. The zero-order chi connectivity index (χ0) is 23.7. The predicted octanol–water partition coefficient (Wildman–Crippen LogP) is 2.92. The van der Waals surface area contributed by atoms with E-state index in [-0.39, 0.29) is 12.6 Å². The van der Waals surface area contributed by atoms with E-state index in [0.29, 0.717) is 33.4 Å². The van der Waals surface area contributed by atoms with E-state index in [0.717, 1.165) is 0 Å². The van der Waals surface area contributed by atoms with E-state index >= 15 is 0 Å². The monoisotopic (exact) mass is 529 g/mol. The van der Waals surface area contributed by atoms with Crippen molar-refractivity contribution in [2.24, 2.45) is 0 Å². The fraction of sp³-hybridized carbons (Fsp3) is 0.400. The number of rotatable bonds is 10. The fourth-order valence-corrected chi connectivity index (χ4v) is 4.25. The SMILES string of the molecule is CC=S(=O)(NC(=O)OCC)c1ccc(Nc2ncc(Br)c(N[C@H](COC)[C@@H](C)O)n2)cc1. The number of ether oxygens (including phenoxy) is 2. The minimum absolute atomic E-state index is 0.182. The van der Waals surface area contributed by atoms with E-state index in [1.54, 1.807) is 58.3 Å². The number of hydrogen-bond acceptors (Lipinski definition) is 9. The molecule has 0 saturated carbocycles. The van der Waals surface area contributed by atoms with Crippen molar-refractivity contribution in [3.63, 3.8) is 0 Å². The Bertz CT molecular complexity index is 1030. The number of aliphatic hydroxyl groups excluding tert-OH is 1. The molecule has 32 heavy (non-hydrogen) atoms. The van der Waals surface area contributed by atoms with Gasteiger partial charge in [-0.1, -0.05) is 0 Å². The van der Waals surface area contributed by atoms with Crippen LogP contribution in [0, 0.1) is 0 Å². The van der Waals surface area contributed by atoms with Gasteiger partial charge in [-0.15, -0.1) is 0 Å². The van der Waals surface area contributed by atoms with Crippen molar-refractivity contribution >= 4 is 54.6 Å². The van der Waals surface area contributed by atoms with Gasteiger partial charge in [-0.05, 0) is 66.3 Å². The van der Waals surface area contributed by atoms with E-state index in [9.17, 15) is 14.1 Å². The summed E-state index contributed by atoms with van der Waals surface area (Å²) in [6.07, 6.45) is 0.180. The number of carbonyl (C=O) groups excluding carboxylic acids is 1. The molecule has 1 aromatic heterocycles. The summed E-state index contributed by atoms with van der Waals surface area (Å²) in [5.41, 5.74) is 0.653. The summed E-state index contributed by atoms with van der Waals surface area (Å²) in [7, 11) is -1.36. The number of hydrogen-bond donors (Lipinski definition) is 4. The lowest BCUT2D eigenvalue weighted by Gasteiger charge is -2.22. The van der Waals surface area contributed by atoms with Gasteiger partial charge < -0.3 is 25.2 Å². The third-order valence-electron chi connectivity index (χ3n) is 4.30. The zero-order valence-electron chi connectivity index (χ0n) is 18.3. The minimum atomic E-state index is -2.92. The number of amides is 1. The van der Waals surface area contributed by atoms with Gasteiger partial charge in [-0.3, -0.25) is 0 Å². The molecule has 1 amide bonds. The Morgan fingerprint density at radius 2 is 2.03 bits per heavy atom. The highest BCUT2D eigenvalue weighted by Crippen LogP contribution is 2.24. The first-order valence-corrected chi connectivity index (χ1v) is 12.2. The number of aliphatic hydroxyl groups is 1. The number of benzene rings is 1. The van der Waals surface area contributed by atoms with Crippen LogP contribution in [-0.2, 0) is 19.2 Å². The van der Waals surface area contributed by atoms with Crippen molar-refractivity contribution in [3.8, 4) is 0 Å². The number of nitrogens with one attached hydrogen (secondary N) is 3. The van der Waals surface area contributed by atoms with Crippen LogP contribution < -0.4 is 15.4 Å². The Morgan fingerprint density at radius 3 is 2.59 bits per heavy atom. The molecule has 1 heterocycles. The molecule has 4 N–H and O–H groups in total. The number of aromatic nitrogens is 2. The van der Waals surface area contributed by atoms with Crippen LogP contribution in [0.4, 0.5) is 22.2 Å². The molecular formula is C20H28BrN5O5S. The summed E-state index contributed by atoms with van der Waals surface area (Å²) in [5.74, 6) is 0.807. The van der Waals surface area contributed by atoms with Crippen LogP contribution in [0.3, 0.4) is 0 Å². The van der Waals surface area contributed by atoms with E-state index in [1.807, 2.05) is 0 Å². The lowest BCUT2D eigenvalue weighted by molar-refractivity contribution is 0.106. The maximum absolute atomic E-state index is 13.0. The molecule has 10 nitrogen and oxygen atoms in total. The van der Waals surface area contributed by atoms with Gasteiger partial charge in [0.15, 0.2) is 0 Å². The molecule has 12 heteroatoms. The third-order valence-corrected chi connectivity index (χ3v) is 6.98. The molecule has 1 unspecified atom stereocenters. The van der Waals surface area contributed by atoms with E-state index in [4.69, 9.17) is 9.47 Å². The van der Waals surface area contributed by atoms with Crippen LogP contribution in [0.5, 0.6) is 0 Å². The number of methoxy groups -OCH3 is 1. The molecule has 176 valence electrons. The topological polar surface area (TPSA) is 135 Å². The highest BCUT2D eigenvalue weighted by molar-refractivity contribution is 9.10. The highest BCUT2D eigenvalue weighted by atomic mass is 79.9. The van der Waals surface area contributed by atoms with Crippen molar-refractivity contribution in [1.82, 2.24) is 14.7 Å². The molecule has 0 spiro atoms. The molecule has 0 aliphatic heterocycles. The van der Waals surface area contributed by atoms with Gasteiger partial charge in [-0.25, -0.2) is 18.7 Å². The van der Waals surface area contributed by atoms with Crippen molar-refractivity contribution in [1.29, 1.82) is 0 Å². The Labute approximate surface area is 196 Å². The Morgan fingerprint density at radius 1 is 1.34 bits per heavy atom. The molecule has 2 aromatic rings. The average Bonchev–Trinajstić information content (AvgIpc) is 2.76. The molecule has 0 fully saturated rings. The second-order valence-corrected chi connectivity index (χ2v) is 9.85. The van der Waals surface area contributed by atoms with Crippen molar-refractivity contribution in [2.45, 2.75) is 37.8 Å². The molecule has 0 aliphatic carbocycles. The summed E-state index contributed by atoms with van der Waals surface area (Å²) in [6.45, 7) is 5.42. The summed E-state index contributed by atoms with van der Waals surface area (Å²) >= 11 is 3.40. The summed E-state index contributed by atoms with van der Waals surface area (Å²) < 4.78 is 26.0. The first-order chi connectivity index (χ1) is 15.2. The van der Waals surface area contributed by atoms with E-state index < -0.39 is 21.9 Å². The summed E-state index contributed by atoms with van der Waals surface area (Å²) in [6, 6.07) is 6.32. The van der Waals surface area contributed by atoms with Crippen LogP contribution in [0.15, 0.2) is 39.8 Å². The minimum Gasteiger partial charge on any atom is -0.449 e. The van der Waals surface area contributed by atoms with Crippen LogP contribution in [-0.4, -0.2) is 63.2 Å². The Kier molecular flexibility index (Phi) is 9.69. The van der Waals surface area contributed by atoms with Gasteiger partial charge >= 0.3 is 6.09 Å². The van der Waals surface area contributed by atoms with Gasteiger partial charge in [0.1, 0.15) is 5.82 Å². The summed E-state index contributed by atoms with van der Waals surface area (Å²) in [5, 5.41) is 17.6. The van der Waals surface area contributed by atoms with Gasteiger partial charge in [0, 0.05) is 19.0 Å². The first kappa shape index (κ1) is 25.8. The predicted molar refractivity (Wildman–Crippen MR) is 129 cm³/mol. The van der Waals surface area contributed by atoms with Crippen LogP contribution >= 0.6 is 15.9 Å². The third kappa shape index (κ3) is 7.05. The molecule has 0 saturated heterocycles. The van der Waals surface area contributed by atoms with E-state index in [1.165, 1.54) is 5.37 Å². The quantitative estimate of drug-likeness (QED) is 0.342.